The van der Waals surface area contributed by atoms with Gasteiger partial charge in [0.1, 0.15) is 17.5 Å². The van der Waals surface area contributed by atoms with Gasteiger partial charge in [0, 0.05) is 19.8 Å². The summed E-state index contributed by atoms with van der Waals surface area (Å²) in [6.45, 7) is 8.61. The summed E-state index contributed by atoms with van der Waals surface area (Å²) in [6, 6.07) is 0. The Hall–Kier alpha value is -0.990. The van der Waals surface area contributed by atoms with E-state index >= 15 is 0 Å². The van der Waals surface area contributed by atoms with Gasteiger partial charge in [0.2, 0.25) is 0 Å². The average molecular weight is 543 g/mol. The van der Waals surface area contributed by atoms with Crippen molar-refractivity contribution in [2.45, 2.75) is 206 Å². The summed E-state index contributed by atoms with van der Waals surface area (Å²) in [4.78, 5) is 13.8. The third-order valence-corrected chi connectivity index (χ3v) is 8.28. The summed E-state index contributed by atoms with van der Waals surface area (Å²) in [7, 11) is 0. The van der Waals surface area contributed by atoms with Crippen molar-refractivity contribution in [3.8, 4) is 0 Å². The number of aromatic nitrogens is 3. The van der Waals surface area contributed by atoms with Gasteiger partial charge in [-0.1, -0.05) is 181 Å². The molecule has 0 amide bonds. The fourth-order valence-electron chi connectivity index (χ4n) is 5.70. The van der Waals surface area contributed by atoms with Crippen LogP contribution >= 0.6 is 0 Å². The third-order valence-electron chi connectivity index (χ3n) is 8.28. The largest absolute Gasteiger partial charge is 0.218 e. The van der Waals surface area contributed by atoms with Gasteiger partial charge in [0.25, 0.3) is 0 Å². The van der Waals surface area contributed by atoms with Crippen molar-refractivity contribution in [2.75, 3.05) is 0 Å². The zero-order valence-electron chi connectivity index (χ0n) is 26.8. The molecule has 1 aromatic rings. The zero-order valence-corrected chi connectivity index (χ0v) is 26.8. The molecule has 0 spiro atoms. The van der Waals surface area contributed by atoms with E-state index < -0.39 is 0 Å². The third kappa shape index (κ3) is 24.5. The van der Waals surface area contributed by atoms with Gasteiger partial charge in [-0.25, -0.2) is 15.0 Å². The molecule has 0 aliphatic heterocycles. The summed E-state index contributed by atoms with van der Waals surface area (Å²) in [5.41, 5.74) is 0. The lowest BCUT2D eigenvalue weighted by molar-refractivity contribution is 0.532. The number of hydrogen-bond donors (Lipinski definition) is 0. The Bertz CT molecular complexity index is 579. The highest BCUT2D eigenvalue weighted by Gasteiger charge is 2.05. The Kier molecular flexibility index (Phi) is 26.4. The van der Waals surface area contributed by atoms with Crippen molar-refractivity contribution in [3.05, 3.63) is 24.4 Å². The molecule has 0 saturated heterocycles. The van der Waals surface area contributed by atoms with Gasteiger partial charge in [-0.2, -0.15) is 0 Å². The van der Waals surface area contributed by atoms with Crippen LogP contribution < -0.4 is 0 Å². The molecule has 0 aromatic carbocycles. The lowest BCUT2D eigenvalue weighted by Crippen LogP contribution is -2.06. The van der Waals surface area contributed by atoms with E-state index in [0.717, 1.165) is 24.5 Å². The van der Waals surface area contributed by atoms with Crippen LogP contribution in [0.1, 0.15) is 211 Å². The second-order valence-corrected chi connectivity index (χ2v) is 12.3. The van der Waals surface area contributed by atoms with Gasteiger partial charge in [0.15, 0.2) is 0 Å². The first kappa shape index (κ1) is 36.0. The summed E-state index contributed by atoms with van der Waals surface area (Å²) in [5, 5.41) is 0. The summed E-state index contributed by atoms with van der Waals surface area (Å²) in [6.07, 6.45) is 41.0. The van der Waals surface area contributed by atoms with E-state index in [9.17, 15) is 0 Å². The summed E-state index contributed by atoms with van der Waals surface area (Å²) >= 11 is 0. The van der Waals surface area contributed by atoms with Crippen LogP contribution in [0.15, 0.2) is 0 Å². The molecule has 0 unspecified atom stereocenters. The first-order valence-corrected chi connectivity index (χ1v) is 17.8. The first-order chi connectivity index (χ1) is 19.3. The van der Waals surface area contributed by atoms with Gasteiger partial charge in [-0.3, -0.25) is 0 Å². The van der Waals surface area contributed by atoms with Crippen molar-refractivity contribution in [3.63, 3.8) is 0 Å². The molecule has 0 atom stereocenters. The van der Waals surface area contributed by atoms with E-state index in [1.807, 2.05) is 0 Å². The second kappa shape index (κ2) is 28.5. The fraction of sp³-hybridized carbons (Fsp3) is 0.889. The number of rotatable bonds is 30. The van der Waals surface area contributed by atoms with Crippen molar-refractivity contribution in [1.29, 1.82) is 0 Å². The highest BCUT2D eigenvalue weighted by atomic mass is 15.0. The molecular weight excluding hydrogens is 474 g/mol. The molecule has 0 aliphatic carbocycles. The summed E-state index contributed by atoms with van der Waals surface area (Å²) in [5.74, 6) is 2.59. The predicted octanol–water partition coefficient (Wildman–Crippen LogP) is 12.1. The Balaban J connectivity index is 1.95. The lowest BCUT2D eigenvalue weighted by Gasteiger charge is -2.06. The van der Waals surface area contributed by atoms with Gasteiger partial charge in [-0.15, -0.1) is 0 Å². The normalized spacial score (nSPS) is 11.5. The maximum Gasteiger partial charge on any atom is 0.133 e. The van der Waals surface area contributed by atoms with E-state index in [-0.39, 0.29) is 0 Å². The van der Waals surface area contributed by atoms with Crippen LogP contribution in [0.5, 0.6) is 0 Å². The molecule has 1 heterocycles. The minimum absolute atomic E-state index is 0.658. The Morgan fingerprint density at radius 3 is 0.821 bits per heavy atom. The van der Waals surface area contributed by atoms with Crippen LogP contribution in [0.2, 0.25) is 0 Å². The van der Waals surface area contributed by atoms with E-state index in [1.54, 1.807) is 0 Å². The zero-order chi connectivity index (χ0) is 28.1. The van der Waals surface area contributed by atoms with Gasteiger partial charge in [-0.05, 0) is 12.8 Å². The average Bonchev–Trinajstić information content (AvgIpc) is 2.93. The molecule has 1 rings (SSSR count). The van der Waals surface area contributed by atoms with Crippen LogP contribution in [0.3, 0.4) is 0 Å². The monoisotopic (exact) mass is 543 g/mol. The van der Waals surface area contributed by atoms with Crippen LogP contribution in [0.4, 0.5) is 0 Å². The van der Waals surface area contributed by atoms with Crippen molar-refractivity contribution < 1.29 is 0 Å². The number of nitrogens with zero attached hydrogens (tertiary/aromatic N) is 3. The molecule has 0 N–H and O–H groups in total. The highest BCUT2D eigenvalue weighted by molar-refractivity contribution is 5.00. The topological polar surface area (TPSA) is 38.7 Å². The lowest BCUT2D eigenvalue weighted by atomic mass is 10.0. The predicted molar refractivity (Wildman–Crippen MR) is 172 cm³/mol. The van der Waals surface area contributed by atoms with Crippen LogP contribution in [-0.2, 0) is 12.8 Å². The van der Waals surface area contributed by atoms with Gasteiger partial charge < -0.3 is 0 Å². The molecule has 0 bridgehead atoms. The minimum Gasteiger partial charge on any atom is -0.218 e. The molecular formula is C36H68N3. The second-order valence-electron chi connectivity index (χ2n) is 12.3. The molecule has 3 heteroatoms. The van der Waals surface area contributed by atoms with Crippen molar-refractivity contribution >= 4 is 0 Å². The standard InChI is InChI=1S/C36H68N3/c1-4-6-8-10-12-14-16-18-20-22-24-26-28-30-32-35-37-34(3)38-36(39-35)33-31-29-27-25-23-21-19-17-15-13-11-9-7-5-2/h3-33H2,1-2H3. The quantitative estimate of drug-likeness (QED) is 0.0907. The number of aryl methyl sites for hydroxylation is 2. The molecule has 0 saturated carbocycles. The van der Waals surface area contributed by atoms with Crippen molar-refractivity contribution in [1.82, 2.24) is 15.0 Å². The maximum atomic E-state index is 4.77. The van der Waals surface area contributed by atoms with Gasteiger partial charge >= 0.3 is 0 Å². The molecule has 227 valence electrons. The van der Waals surface area contributed by atoms with Crippen LogP contribution in [-0.4, -0.2) is 15.0 Å². The van der Waals surface area contributed by atoms with Crippen LogP contribution in [0, 0.1) is 6.92 Å². The Morgan fingerprint density at radius 2 is 0.564 bits per heavy atom. The van der Waals surface area contributed by atoms with Gasteiger partial charge in [0.05, 0.1) is 0 Å². The van der Waals surface area contributed by atoms with Crippen molar-refractivity contribution in [2.24, 2.45) is 0 Å². The summed E-state index contributed by atoms with van der Waals surface area (Å²) < 4.78 is 0. The van der Waals surface area contributed by atoms with E-state index in [4.69, 9.17) is 4.98 Å². The molecule has 1 radical (unpaired) electrons. The maximum absolute atomic E-state index is 4.77. The Labute approximate surface area is 245 Å². The van der Waals surface area contributed by atoms with Crippen LogP contribution in [0.25, 0.3) is 0 Å². The molecule has 3 nitrogen and oxygen atoms in total. The molecule has 0 aliphatic rings. The molecule has 0 fully saturated rings. The Morgan fingerprint density at radius 1 is 0.333 bits per heavy atom. The van der Waals surface area contributed by atoms with E-state index in [1.165, 1.54) is 180 Å². The first-order valence-electron chi connectivity index (χ1n) is 17.8. The number of hydrogen-bond acceptors (Lipinski definition) is 3. The van der Waals surface area contributed by atoms with E-state index in [0.29, 0.717) is 5.82 Å². The smallest absolute Gasteiger partial charge is 0.133 e. The van der Waals surface area contributed by atoms with E-state index in [2.05, 4.69) is 30.7 Å². The SMILES string of the molecule is [CH2]c1nc(CCCCCCCCCCCCCCCC)nc(CCCCCCCCCCCCCCCC)n1. The molecule has 1 aromatic heterocycles. The minimum atomic E-state index is 0.658. The molecule has 39 heavy (non-hydrogen) atoms. The number of unbranched alkanes of at least 4 members (excludes halogenated alkanes) is 26. The fourth-order valence-corrected chi connectivity index (χ4v) is 5.70. The highest BCUT2D eigenvalue weighted by Crippen LogP contribution is 2.15.